The standard InChI is InChI=1S/C18H26O/c1-7-14(4)9-8-10-16-11-12-17(19-6)18(13(2)3)15(16)5/h8-13H,7H2,1-6H3. The molecule has 1 nitrogen and oxygen atoms in total. The molecule has 1 heteroatoms. The molecule has 0 aliphatic heterocycles. The SMILES string of the molecule is CCC(C)=CC=Cc1ccc(OC)c(C(C)C)c1C. The third kappa shape index (κ3) is 3.99. The summed E-state index contributed by atoms with van der Waals surface area (Å²) < 4.78 is 5.47. The van der Waals surface area contributed by atoms with E-state index < -0.39 is 0 Å². The molecule has 0 saturated carbocycles. The summed E-state index contributed by atoms with van der Waals surface area (Å²) in [6.07, 6.45) is 7.60. The molecule has 0 aliphatic rings. The number of hydrogen-bond donors (Lipinski definition) is 0. The average Bonchev–Trinajstić information content (AvgIpc) is 2.39. The minimum absolute atomic E-state index is 0.469. The van der Waals surface area contributed by atoms with Crippen molar-refractivity contribution in [1.29, 1.82) is 0 Å². The van der Waals surface area contributed by atoms with E-state index in [4.69, 9.17) is 4.74 Å². The first-order chi connectivity index (χ1) is 9.01. The Labute approximate surface area is 118 Å². The van der Waals surface area contributed by atoms with Gasteiger partial charge in [-0.05, 0) is 43.4 Å². The number of allylic oxidation sites excluding steroid dienone is 3. The van der Waals surface area contributed by atoms with Crippen LogP contribution in [0.1, 0.15) is 56.7 Å². The fourth-order valence-electron chi connectivity index (χ4n) is 2.23. The van der Waals surface area contributed by atoms with Crippen molar-refractivity contribution in [1.82, 2.24) is 0 Å². The smallest absolute Gasteiger partial charge is 0.122 e. The van der Waals surface area contributed by atoms with Crippen LogP contribution in [0.25, 0.3) is 6.08 Å². The molecule has 1 aromatic rings. The van der Waals surface area contributed by atoms with Crippen molar-refractivity contribution < 1.29 is 4.74 Å². The van der Waals surface area contributed by atoms with Crippen LogP contribution in [0.3, 0.4) is 0 Å². The quantitative estimate of drug-likeness (QED) is 0.634. The predicted molar refractivity (Wildman–Crippen MR) is 84.9 cm³/mol. The van der Waals surface area contributed by atoms with Gasteiger partial charge in [-0.25, -0.2) is 0 Å². The topological polar surface area (TPSA) is 9.23 Å². The van der Waals surface area contributed by atoms with E-state index in [0.29, 0.717) is 5.92 Å². The first kappa shape index (κ1) is 15.6. The van der Waals surface area contributed by atoms with Gasteiger partial charge in [0.15, 0.2) is 0 Å². The zero-order chi connectivity index (χ0) is 14.4. The van der Waals surface area contributed by atoms with Crippen molar-refractivity contribution in [2.45, 2.75) is 47.0 Å². The zero-order valence-corrected chi connectivity index (χ0v) is 13.1. The highest BCUT2D eigenvalue weighted by atomic mass is 16.5. The van der Waals surface area contributed by atoms with Crippen LogP contribution in [0.4, 0.5) is 0 Å². The second-order valence-corrected chi connectivity index (χ2v) is 5.28. The van der Waals surface area contributed by atoms with Crippen molar-refractivity contribution >= 4 is 6.08 Å². The Bertz CT molecular complexity index is 479. The highest BCUT2D eigenvalue weighted by Crippen LogP contribution is 2.32. The largest absolute Gasteiger partial charge is 0.496 e. The van der Waals surface area contributed by atoms with Gasteiger partial charge in [-0.15, -0.1) is 0 Å². The Balaban J connectivity index is 3.14. The van der Waals surface area contributed by atoms with Gasteiger partial charge >= 0.3 is 0 Å². The van der Waals surface area contributed by atoms with Crippen LogP contribution in [0, 0.1) is 6.92 Å². The van der Waals surface area contributed by atoms with E-state index in [2.05, 4.69) is 65.0 Å². The summed E-state index contributed by atoms with van der Waals surface area (Å²) in [6.45, 7) is 10.9. The van der Waals surface area contributed by atoms with Gasteiger partial charge in [0, 0.05) is 5.56 Å². The molecule has 0 fully saturated rings. The lowest BCUT2D eigenvalue weighted by Crippen LogP contribution is -1.99. The lowest BCUT2D eigenvalue weighted by Gasteiger charge is -2.16. The zero-order valence-electron chi connectivity index (χ0n) is 13.1. The van der Waals surface area contributed by atoms with Crippen LogP contribution in [0.5, 0.6) is 5.75 Å². The number of rotatable bonds is 5. The predicted octanol–water partition coefficient (Wildman–Crippen LogP) is 5.50. The summed E-state index contributed by atoms with van der Waals surface area (Å²) in [6, 6.07) is 4.20. The van der Waals surface area contributed by atoms with Gasteiger partial charge in [0.25, 0.3) is 0 Å². The molecule has 0 spiro atoms. The Morgan fingerprint density at radius 1 is 1.32 bits per heavy atom. The lowest BCUT2D eigenvalue weighted by atomic mass is 9.93. The average molecular weight is 258 g/mol. The molecule has 1 aromatic carbocycles. The number of methoxy groups -OCH3 is 1. The van der Waals surface area contributed by atoms with Crippen molar-refractivity contribution in [3.05, 3.63) is 46.5 Å². The molecule has 0 saturated heterocycles. The Morgan fingerprint density at radius 2 is 2.00 bits per heavy atom. The molecule has 1 rings (SSSR count). The minimum Gasteiger partial charge on any atom is -0.496 e. The Morgan fingerprint density at radius 3 is 2.53 bits per heavy atom. The van der Waals surface area contributed by atoms with Crippen molar-refractivity contribution in [3.8, 4) is 5.75 Å². The van der Waals surface area contributed by atoms with Crippen LogP contribution >= 0.6 is 0 Å². The molecule has 0 heterocycles. The van der Waals surface area contributed by atoms with Gasteiger partial charge < -0.3 is 4.74 Å². The minimum atomic E-state index is 0.469. The van der Waals surface area contributed by atoms with E-state index >= 15 is 0 Å². The van der Waals surface area contributed by atoms with Crippen LogP contribution in [0.15, 0.2) is 29.9 Å². The third-order valence-corrected chi connectivity index (χ3v) is 3.53. The van der Waals surface area contributed by atoms with Gasteiger partial charge in [-0.3, -0.25) is 0 Å². The van der Waals surface area contributed by atoms with E-state index in [-0.39, 0.29) is 0 Å². The molecule has 0 aromatic heterocycles. The molecular weight excluding hydrogens is 232 g/mol. The van der Waals surface area contributed by atoms with E-state index in [1.807, 2.05) is 0 Å². The maximum atomic E-state index is 5.47. The van der Waals surface area contributed by atoms with Gasteiger partial charge in [0.05, 0.1) is 7.11 Å². The van der Waals surface area contributed by atoms with Crippen LogP contribution < -0.4 is 4.74 Å². The monoisotopic (exact) mass is 258 g/mol. The van der Waals surface area contributed by atoms with Crippen LogP contribution in [-0.4, -0.2) is 7.11 Å². The van der Waals surface area contributed by atoms with Gasteiger partial charge in [0.2, 0.25) is 0 Å². The van der Waals surface area contributed by atoms with E-state index in [1.165, 1.54) is 22.3 Å². The highest BCUT2D eigenvalue weighted by Gasteiger charge is 2.12. The molecule has 104 valence electrons. The second kappa shape index (κ2) is 7.18. The molecule has 0 aliphatic carbocycles. The Hall–Kier alpha value is -1.50. The first-order valence-electron chi connectivity index (χ1n) is 7.02. The van der Waals surface area contributed by atoms with Crippen LogP contribution in [-0.2, 0) is 0 Å². The first-order valence-corrected chi connectivity index (χ1v) is 7.02. The molecule has 0 bridgehead atoms. The fourth-order valence-corrected chi connectivity index (χ4v) is 2.23. The lowest BCUT2D eigenvalue weighted by molar-refractivity contribution is 0.407. The summed E-state index contributed by atoms with van der Waals surface area (Å²) in [5, 5.41) is 0. The van der Waals surface area contributed by atoms with Crippen molar-refractivity contribution in [2.24, 2.45) is 0 Å². The maximum absolute atomic E-state index is 5.47. The summed E-state index contributed by atoms with van der Waals surface area (Å²) >= 11 is 0. The van der Waals surface area contributed by atoms with E-state index in [0.717, 1.165) is 12.2 Å². The highest BCUT2D eigenvalue weighted by molar-refractivity contribution is 5.60. The second-order valence-electron chi connectivity index (χ2n) is 5.28. The molecule has 0 N–H and O–H groups in total. The fraction of sp³-hybridized carbons (Fsp3) is 0.444. The Kier molecular flexibility index (Phi) is 5.88. The van der Waals surface area contributed by atoms with Crippen LogP contribution in [0.2, 0.25) is 0 Å². The number of hydrogen-bond acceptors (Lipinski definition) is 1. The van der Waals surface area contributed by atoms with Crippen molar-refractivity contribution in [2.75, 3.05) is 7.11 Å². The summed E-state index contributed by atoms with van der Waals surface area (Å²) in [7, 11) is 1.74. The van der Waals surface area contributed by atoms with E-state index in [9.17, 15) is 0 Å². The molecule has 0 amide bonds. The molecular formula is C18H26O. The summed E-state index contributed by atoms with van der Waals surface area (Å²) in [5.74, 6) is 1.46. The molecule has 0 atom stereocenters. The maximum Gasteiger partial charge on any atom is 0.122 e. The number of ether oxygens (including phenoxy) is 1. The third-order valence-electron chi connectivity index (χ3n) is 3.53. The van der Waals surface area contributed by atoms with Gasteiger partial charge in [-0.2, -0.15) is 0 Å². The molecule has 0 unspecified atom stereocenters. The summed E-state index contributed by atoms with van der Waals surface area (Å²) in [5.41, 5.74) is 5.28. The normalized spacial score (nSPS) is 12.5. The van der Waals surface area contributed by atoms with Crippen molar-refractivity contribution in [3.63, 3.8) is 0 Å². The van der Waals surface area contributed by atoms with Gasteiger partial charge in [0.1, 0.15) is 5.75 Å². The molecule has 19 heavy (non-hydrogen) atoms. The number of benzene rings is 1. The van der Waals surface area contributed by atoms with Gasteiger partial charge in [-0.1, -0.05) is 50.6 Å². The molecule has 0 radical (unpaired) electrons. The summed E-state index contributed by atoms with van der Waals surface area (Å²) in [4.78, 5) is 0. The van der Waals surface area contributed by atoms with E-state index in [1.54, 1.807) is 7.11 Å².